The van der Waals surface area contributed by atoms with Crippen molar-refractivity contribution >= 4 is 22.7 Å². The number of hydrogen-bond acceptors (Lipinski definition) is 7. The number of carbonyl (C=O) groups excluding carboxylic acids is 2. The summed E-state index contributed by atoms with van der Waals surface area (Å²) in [6, 6.07) is 2.32. The molecule has 0 atom stereocenters. The summed E-state index contributed by atoms with van der Waals surface area (Å²) in [5.41, 5.74) is 0.0530. The van der Waals surface area contributed by atoms with Crippen LogP contribution in [0.5, 0.6) is 11.5 Å². The summed E-state index contributed by atoms with van der Waals surface area (Å²) in [7, 11) is -4.24. The van der Waals surface area contributed by atoms with Crippen LogP contribution in [0.2, 0.25) is 0 Å². The van der Waals surface area contributed by atoms with Gasteiger partial charge in [0.25, 0.3) is 0 Å². The molecule has 1 N–H and O–H groups in total. The molecule has 0 spiro atoms. The topological polar surface area (TPSA) is 121 Å². The van der Waals surface area contributed by atoms with Crippen molar-refractivity contribution in [3.63, 3.8) is 0 Å². The smallest absolute Gasteiger partial charge is 0.748 e. The molecular weight excluding hydrogens is 311 g/mol. The van der Waals surface area contributed by atoms with Gasteiger partial charge in [0.05, 0.1) is 27.9 Å². The molecule has 0 fully saturated rings. The van der Waals surface area contributed by atoms with Gasteiger partial charge in [-0.05, 0) is 25.0 Å². The van der Waals surface area contributed by atoms with Gasteiger partial charge in [-0.25, -0.2) is 8.42 Å². The van der Waals surface area contributed by atoms with Crippen molar-refractivity contribution in [1.82, 2.24) is 0 Å². The molecule has 0 bridgehead atoms. The maximum Gasteiger partial charge on any atom is 1.00 e. The minimum Gasteiger partial charge on any atom is -0.748 e. The van der Waals surface area contributed by atoms with Gasteiger partial charge in [0, 0.05) is 5.75 Å². The van der Waals surface area contributed by atoms with Crippen LogP contribution in [0, 0.1) is 0 Å². The number of phenols is 1. The van der Waals surface area contributed by atoms with E-state index in [4.69, 9.17) is 4.74 Å². The Morgan fingerprint density at radius 3 is 2.29 bits per heavy atom. The summed E-state index contributed by atoms with van der Waals surface area (Å²) in [5, 5.41) is 9.40. The molecule has 0 radical (unpaired) electrons. The molecule has 0 heterocycles. The zero-order chi connectivity index (χ0) is 15.2. The maximum absolute atomic E-state index is 10.8. The van der Waals surface area contributed by atoms with Crippen LogP contribution in [0.25, 0.3) is 0 Å². The van der Waals surface area contributed by atoms with Gasteiger partial charge in [-0.2, -0.15) is 0 Å². The number of phenolic OH excluding ortho intramolecular Hbond substituents is 1. The SMILES string of the molecule is O=Cc1cc(OCCCCS(=O)(=O)[O-])c(C=O)cc1O.[Na+]. The molecule has 0 unspecified atom stereocenters. The summed E-state index contributed by atoms with van der Waals surface area (Å²) in [4.78, 5) is 21.5. The maximum atomic E-state index is 10.8. The van der Waals surface area contributed by atoms with Gasteiger partial charge < -0.3 is 14.4 Å². The fraction of sp³-hybridized carbons (Fsp3) is 0.333. The molecule has 1 aromatic rings. The number of benzene rings is 1. The Hall–Kier alpha value is -0.930. The third-order valence-electron chi connectivity index (χ3n) is 2.46. The predicted molar refractivity (Wildman–Crippen MR) is 68.2 cm³/mol. The molecule has 9 heteroatoms. The van der Waals surface area contributed by atoms with E-state index < -0.39 is 15.9 Å². The first-order valence-electron chi connectivity index (χ1n) is 5.71. The summed E-state index contributed by atoms with van der Waals surface area (Å²) in [6.45, 7) is 0.0828. The second kappa shape index (κ2) is 9.16. The van der Waals surface area contributed by atoms with Gasteiger partial charge in [-0.3, -0.25) is 9.59 Å². The van der Waals surface area contributed by atoms with E-state index in [1.54, 1.807) is 0 Å². The molecule has 0 saturated carbocycles. The number of carbonyl (C=O) groups is 2. The van der Waals surface area contributed by atoms with Crippen molar-refractivity contribution in [2.45, 2.75) is 12.8 Å². The van der Waals surface area contributed by atoms with Crippen molar-refractivity contribution in [2.75, 3.05) is 12.4 Å². The van der Waals surface area contributed by atoms with E-state index >= 15 is 0 Å². The summed E-state index contributed by atoms with van der Waals surface area (Å²) < 4.78 is 36.4. The molecule has 1 aromatic carbocycles. The first-order chi connectivity index (χ1) is 9.37. The van der Waals surface area contributed by atoms with E-state index in [1.807, 2.05) is 0 Å². The van der Waals surface area contributed by atoms with E-state index in [1.165, 1.54) is 6.07 Å². The van der Waals surface area contributed by atoms with E-state index in [0.717, 1.165) is 6.07 Å². The van der Waals surface area contributed by atoms with Gasteiger partial charge in [0.1, 0.15) is 11.5 Å². The first-order valence-corrected chi connectivity index (χ1v) is 7.29. The van der Waals surface area contributed by atoms with Gasteiger partial charge in [-0.15, -0.1) is 0 Å². The first kappa shape index (κ1) is 20.1. The molecule has 0 aromatic heterocycles. The van der Waals surface area contributed by atoms with Crippen molar-refractivity contribution in [3.8, 4) is 11.5 Å². The van der Waals surface area contributed by atoms with Crippen LogP contribution in [0.1, 0.15) is 33.6 Å². The molecule has 0 aliphatic carbocycles. The predicted octanol–water partition coefficient (Wildman–Crippen LogP) is -2.27. The van der Waals surface area contributed by atoms with Crippen molar-refractivity contribution < 1.29 is 62.0 Å². The number of aldehydes is 2. The Bertz CT molecular complexity index is 598. The fourth-order valence-electron chi connectivity index (χ4n) is 1.47. The molecule has 7 nitrogen and oxygen atoms in total. The average molecular weight is 324 g/mol. The van der Waals surface area contributed by atoms with Crippen LogP contribution in [-0.4, -0.2) is 43.0 Å². The minimum atomic E-state index is -4.24. The van der Waals surface area contributed by atoms with Gasteiger partial charge in [-0.1, -0.05) is 0 Å². The third-order valence-corrected chi connectivity index (χ3v) is 3.25. The molecule has 1 rings (SSSR count). The summed E-state index contributed by atoms with van der Waals surface area (Å²) >= 11 is 0. The summed E-state index contributed by atoms with van der Waals surface area (Å²) in [5.74, 6) is -0.691. The van der Waals surface area contributed by atoms with E-state index in [9.17, 15) is 27.7 Å². The van der Waals surface area contributed by atoms with E-state index in [-0.39, 0.29) is 65.2 Å². The molecule has 21 heavy (non-hydrogen) atoms. The largest absolute Gasteiger partial charge is 1.00 e. The molecule has 0 aliphatic rings. The van der Waals surface area contributed by atoms with Gasteiger partial charge >= 0.3 is 29.6 Å². The monoisotopic (exact) mass is 324 g/mol. The minimum absolute atomic E-state index is 0. The van der Waals surface area contributed by atoms with Gasteiger partial charge in [0.15, 0.2) is 12.6 Å². The van der Waals surface area contributed by atoms with Crippen LogP contribution < -0.4 is 34.3 Å². The normalized spacial score (nSPS) is 10.5. The number of hydrogen-bond donors (Lipinski definition) is 1. The Balaban J connectivity index is 0.00000400. The second-order valence-electron chi connectivity index (χ2n) is 4.00. The fourth-order valence-corrected chi connectivity index (χ4v) is 2.03. The third kappa shape index (κ3) is 7.05. The van der Waals surface area contributed by atoms with Crippen LogP contribution in [0.4, 0.5) is 0 Å². The van der Waals surface area contributed by atoms with Crippen molar-refractivity contribution in [2.24, 2.45) is 0 Å². The zero-order valence-electron chi connectivity index (χ0n) is 11.4. The molecule has 0 amide bonds. The number of aromatic hydroxyl groups is 1. The van der Waals surface area contributed by atoms with Crippen LogP contribution in [0.15, 0.2) is 12.1 Å². The Morgan fingerprint density at radius 1 is 1.14 bits per heavy atom. The van der Waals surface area contributed by atoms with Crippen LogP contribution in [0.3, 0.4) is 0 Å². The zero-order valence-corrected chi connectivity index (χ0v) is 14.3. The van der Waals surface area contributed by atoms with Crippen molar-refractivity contribution in [1.29, 1.82) is 0 Å². The van der Waals surface area contributed by atoms with Crippen LogP contribution >= 0.6 is 0 Å². The van der Waals surface area contributed by atoms with Crippen LogP contribution in [-0.2, 0) is 10.1 Å². The number of rotatable bonds is 8. The standard InChI is InChI=1S/C12H14O7S.Na/c13-7-9-6-12(10(8-14)5-11(9)15)19-3-1-2-4-20(16,17)18;/h5-8,15H,1-4H2,(H,16,17,18);/q;+1/p-1. The quantitative estimate of drug-likeness (QED) is 0.248. The van der Waals surface area contributed by atoms with E-state index in [0.29, 0.717) is 19.0 Å². The Labute approximate surface area is 144 Å². The molecule has 0 saturated heterocycles. The number of unbranched alkanes of at least 4 members (excludes halogenated alkanes) is 1. The van der Waals surface area contributed by atoms with E-state index in [2.05, 4.69) is 0 Å². The Morgan fingerprint density at radius 2 is 1.76 bits per heavy atom. The number of ether oxygens (including phenoxy) is 1. The average Bonchev–Trinajstić information content (AvgIpc) is 2.38. The Kier molecular flexibility index (Phi) is 8.76. The van der Waals surface area contributed by atoms with Gasteiger partial charge in [0.2, 0.25) is 0 Å². The molecule has 110 valence electrons. The second-order valence-corrected chi connectivity index (χ2v) is 5.53. The molecule has 0 aliphatic heterocycles. The summed E-state index contributed by atoms with van der Waals surface area (Å²) in [6.07, 6.45) is 1.32. The van der Waals surface area contributed by atoms with Crippen molar-refractivity contribution in [3.05, 3.63) is 23.3 Å². The molecular formula is C12H13NaO7S.